The number of hydrogen-bond donors (Lipinski definition) is 1. The molecule has 0 radical (unpaired) electrons. The predicted molar refractivity (Wildman–Crippen MR) is 59.1 cm³/mol. The van der Waals surface area contributed by atoms with Gasteiger partial charge in [-0.05, 0) is 11.5 Å². The van der Waals surface area contributed by atoms with Gasteiger partial charge < -0.3 is 4.79 Å². The zero-order chi connectivity index (χ0) is 11.1. The van der Waals surface area contributed by atoms with Crippen molar-refractivity contribution in [2.45, 2.75) is 26.5 Å². The molecule has 0 amide bonds. The molecular weight excluding hydrogens is 190 g/mol. The lowest BCUT2D eigenvalue weighted by Gasteiger charge is -2.15. The van der Waals surface area contributed by atoms with Gasteiger partial charge in [-0.25, -0.2) is 0 Å². The molecule has 0 aliphatic carbocycles. The second kappa shape index (κ2) is 6.32. The number of carbonyl (C=O) groups excluding carboxylic acids is 1. The van der Waals surface area contributed by atoms with Gasteiger partial charge in [0.25, 0.3) is 0 Å². The van der Waals surface area contributed by atoms with Gasteiger partial charge in [0.2, 0.25) is 0 Å². The molecule has 0 saturated heterocycles. The van der Waals surface area contributed by atoms with E-state index in [1.54, 1.807) is 0 Å². The fourth-order valence-corrected chi connectivity index (χ4v) is 1.12. The first-order valence-electron chi connectivity index (χ1n) is 5.10. The Labute approximate surface area is 90.4 Å². The van der Waals surface area contributed by atoms with Crippen LogP contribution in [0.1, 0.15) is 19.4 Å². The number of aldehydes is 1. The standard InChI is InChI=1S/C12H17NO2/c1-10(2)12(8-14)13-15-9-11-6-4-3-5-7-11/h3-8,10,12-13H,9H2,1-2H3/t12-/m1/s1. The summed E-state index contributed by atoms with van der Waals surface area (Å²) in [4.78, 5) is 15.9. The molecule has 1 aromatic carbocycles. The molecule has 0 heterocycles. The van der Waals surface area contributed by atoms with Gasteiger partial charge in [0.05, 0.1) is 12.6 Å². The first-order valence-corrected chi connectivity index (χ1v) is 5.10. The Kier molecular flexibility index (Phi) is 5.01. The third kappa shape index (κ3) is 4.23. The highest BCUT2D eigenvalue weighted by Gasteiger charge is 2.10. The summed E-state index contributed by atoms with van der Waals surface area (Å²) >= 11 is 0. The van der Waals surface area contributed by atoms with Crippen molar-refractivity contribution in [3.05, 3.63) is 35.9 Å². The highest BCUT2D eigenvalue weighted by molar-refractivity contribution is 5.57. The van der Waals surface area contributed by atoms with Crippen LogP contribution in [-0.4, -0.2) is 12.3 Å². The highest BCUT2D eigenvalue weighted by atomic mass is 16.6. The topological polar surface area (TPSA) is 38.3 Å². The lowest BCUT2D eigenvalue weighted by molar-refractivity contribution is -0.115. The number of benzene rings is 1. The molecule has 0 aliphatic heterocycles. The third-order valence-corrected chi connectivity index (χ3v) is 2.17. The number of carbonyl (C=O) groups is 1. The van der Waals surface area contributed by atoms with E-state index in [1.807, 2.05) is 44.2 Å². The molecule has 0 spiro atoms. The Morgan fingerprint density at radius 1 is 1.33 bits per heavy atom. The van der Waals surface area contributed by atoms with Gasteiger partial charge in [0.15, 0.2) is 0 Å². The Bertz CT molecular complexity index is 285. The summed E-state index contributed by atoms with van der Waals surface area (Å²) in [5, 5.41) is 0. The maximum Gasteiger partial charge on any atom is 0.139 e. The molecule has 0 fully saturated rings. The Morgan fingerprint density at radius 3 is 2.53 bits per heavy atom. The molecule has 1 rings (SSSR count). The Morgan fingerprint density at radius 2 is 2.00 bits per heavy atom. The third-order valence-electron chi connectivity index (χ3n) is 2.17. The first-order chi connectivity index (χ1) is 7.24. The minimum atomic E-state index is -0.242. The monoisotopic (exact) mass is 207 g/mol. The predicted octanol–water partition coefficient (Wildman–Crippen LogP) is 1.93. The van der Waals surface area contributed by atoms with E-state index in [-0.39, 0.29) is 12.0 Å². The van der Waals surface area contributed by atoms with Gasteiger partial charge in [0, 0.05) is 0 Å². The number of hydrogen-bond acceptors (Lipinski definition) is 3. The van der Waals surface area contributed by atoms with E-state index in [0.717, 1.165) is 11.8 Å². The zero-order valence-electron chi connectivity index (χ0n) is 9.14. The number of rotatable bonds is 6. The van der Waals surface area contributed by atoms with Gasteiger partial charge in [-0.2, -0.15) is 5.48 Å². The van der Waals surface area contributed by atoms with Gasteiger partial charge >= 0.3 is 0 Å². The van der Waals surface area contributed by atoms with E-state index in [4.69, 9.17) is 4.84 Å². The van der Waals surface area contributed by atoms with Crippen LogP contribution >= 0.6 is 0 Å². The zero-order valence-corrected chi connectivity index (χ0v) is 9.14. The molecule has 0 saturated carbocycles. The summed E-state index contributed by atoms with van der Waals surface area (Å²) in [6.07, 6.45) is 0.871. The van der Waals surface area contributed by atoms with Crippen molar-refractivity contribution < 1.29 is 9.63 Å². The van der Waals surface area contributed by atoms with Crippen molar-refractivity contribution in [3.63, 3.8) is 0 Å². The van der Waals surface area contributed by atoms with Crippen LogP contribution in [0.4, 0.5) is 0 Å². The highest BCUT2D eigenvalue weighted by Crippen LogP contribution is 2.02. The molecule has 1 N–H and O–H groups in total. The van der Waals surface area contributed by atoms with Crippen molar-refractivity contribution in [3.8, 4) is 0 Å². The SMILES string of the molecule is CC(C)[C@@H](C=O)NOCc1ccccc1. The van der Waals surface area contributed by atoms with Crippen LogP contribution in [0.25, 0.3) is 0 Å². The molecular formula is C12H17NO2. The van der Waals surface area contributed by atoms with Crippen molar-refractivity contribution in [2.75, 3.05) is 0 Å². The van der Waals surface area contributed by atoms with Crippen LogP contribution in [0, 0.1) is 5.92 Å². The normalized spacial score (nSPS) is 12.7. The molecule has 82 valence electrons. The van der Waals surface area contributed by atoms with Gasteiger partial charge in [-0.3, -0.25) is 4.84 Å². The maximum atomic E-state index is 10.6. The largest absolute Gasteiger partial charge is 0.302 e. The van der Waals surface area contributed by atoms with Crippen molar-refractivity contribution in [1.82, 2.24) is 5.48 Å². The summed E-state index contributed by atoms with van der Waals surface area (Å²) in [6, 6.07) is 9.59. The molecule has 1 aromatic rings. The van der Waals surface area contributed by atoms with E-state index >= 15 is 0 Å². The molecule has 3 heteroatoms. The smallest absolute Gasteiger partial charge is 0.139 e. The fraction of sp³-hybridized carbons (Fsp3) is 0.417. The van der Waals surface area contributed by atoms with Crippen LogP contribution < -0.4 is 5.48 Å². The van der Waals surface area contributed by atoms with E-state index in [9.17, 15) is 4.79 Å². The lowest BCUT2D eigenvalue weighted by Crippen LogP contribution is -2.35. The average molecular weight is 207 g/mol. The van der Waals surface area contributed by atoms with Gasteiger partial charge in [0.1, 0.15) is 6.29 Å². The molecule has 0 aliphatic rings. The number of nitrogens with one attached hydrogen (secondary N) is 1. The van der Waals surface area contributed by atoms with E-state index in [2.05, 4.69) is 5.48 Å². The number of hydroxylamine groups is 1. The van der Waals surface area contributed by atoms with Crippen molar-refractivity contribution in [2.24, 2.45) is 5.92 Å². The van der Waals surface area contributed by atoms with Crippen LogP contribution in [0.5, 0.6) is 0 Å². The molecule has 15 heavy (non-hydrogen) atoms. The molecule has 0 unspecified atom stereocenters. The van der Waals surface area contributed by atoms with Crippen LogP contribution in [0.15, 0.2) is 30.3 Å². The average Bonchev–Trinajstić information content (AvgIpc) is 2.25. The second-order valence-corrected chi connectivity index (χ2v) is 3.80. The summed E-state index contributed by atoms with van der Waals surface area (Å²) in [6.45, 7) is 4.41. The second-order valence-electron chi connectivity index (χ2n) is 3.80. The fourth-order valence-electron chi connectivity index (χ4n) is 1.12. The van der Waals surface area contributed by atoms with Gasteiger partial charge in [-0.15, -0.1) is 0 Å². The van der Waals surface area contributed by atoms with E-state index in [0.29, 0.717) is 6.61 Å². The Balaban J connectivity index is 2.30. The first kappa shape index (κ1) is 11.9. The molecule has 0 bridgehead atoms. The van der Waals surface area contributed by atoms with Gasteiger partial charge in [-0.1, -0.05) is 44.2 Å². The van der Waals surface area contributed by atoms with Crippen molar-refractivity contribution in [1.29, 1.82) is 0 Å². The minimum Gasteiger partial charge on any atom is -0.302 e. The Hall–Kier alpha value is -1.19. The summed E-state index contributed by atoms with van der Waals surface area (Å²) in [5.41, 5.74) is 3.83. The molecule has 3 nitrogen and oxygen atoms in total. The summed E-state index contributed by atoms with van der Waals surface area (Å²) in [7, 11) is 0. The lowest BCUT2D eigenvalue weighted by atomic mass is 10.1. The quantitative estimate of drug-likeness (QED) is 0.572. The van der Waals surface area contributed by atoms with Crippen molar-refractivity contribution >= 4 is 6.29 Å². The van der Waals surface area contributed by atoms with E-state index in [1.165, 1.54) is 0 Å². The minimum absolute atomic E-state index is 0.235. The van der Waals surface area contributed by atoms with E-state index < -0.39 is 0 Å². The summed E-state index contributed by atoms with van der Waals surface area (Å²) in [5.74, 6) is 0.235. The van der Waals surface area contributed by atoms with Crippen LogP contribution in [-0.2, 0) is 16.2 Å². The molecule has 1 atom stereocenters. The summed E-state index contributed by atoms with van der Waals surface area (Å²) < 4.78 is 0. The maximum absolute atomic E-state index is 10.6. The molecule has 0 aromatic heterocycles. The van der Waals surface area contributed by atoms with Crippen LogP contribution in [0.3, 0.4) is 0 Å². The van der Waals surface area contributed by atoms with Crippen LogP contribution in [0.2, 0.25) is 0 Å².